The zero-order valence-corrected chi connectivity index (χ0v) is 25.1. The molecule has 0 radical (unpaired) electrons. The van der Waals surface area contributed by atoms with Gasteiger partial charge in [-0.1, -0.05) is 12.6 Å². The summed E-state index contributed by atoms with van der Waals surface area (Å²) >= 11 is 0. The standard InChI is InChI=1S/C32H37F4N7O2/c1-2-29(44)43-15-14-40(18-24(43)9-11-37)30-26-8-7-23(42-12-3-4-21-5-6-22(33)16-28(21)42)17-27(26)38-31(39-30)45-19-25-10-13-41(25)20-32(34,35)36/h2,5-6,16,23-25H,1,3-4,7-10,12-15,17-20H2/t23-,24+,25+/m1/s1. The Hall–Kier alpha value is -3.92. The number of benzene rings is 1. The molecule has 1 aromatic carbocycles. The molecule has 0 spiro atoms. The number of hydrogen-bond donors (Lipinski definition) is 0. The summed E-state index contributed by atoms with van der Waals surface area (Å²) in [6.45, 7) is 5.08. The molecule has 6 rings (SSSR count). The third-order valence-corrected chi connectivity index (χ3v) is 9.47. The van der Waals surface area contributed by atoms with Gasteiger partial charge in [-0.05, 0) is 55.9 Å². The van der Waals surface area contributed by atoms with Crippen LogP contribution in [0.4, 0.5) is 29.1 Å². The second-order valence-electron chi connectivity index (χ2n) is 12.3. The molecule has 0 unspecified atom stereocenters. The number of hydrogen-bond acceptors (Lipinski definition) is 8. The first-order valence-electron chi connectivity index (χ1n) is 15.6. The number of carbonyl (C=O) groups excluding carboxylic acids is 1. The van der Waals surface area contributed by atoms with E-state index in [0.717, 1.165) is 48.3 Å². The van der Waals surface area contributed by atoms with Gasteiger partial charge in [0.15, 0.2) is 0 Å². The van der Waals surface area contributed by atoms with Gasteiger partial charge in [0, 0.05) is 62.5 Å². The number of nitrogens with zero attached hydrogens (tertiary/aromatic N) is 7. The summed E-state index contributed by atoms with van der Waals surface area (Å²) in [6, 6.07) is 6.60. The number of halogens is 4. The van der Waals surface area contributed by atoms with Gasteiger partial charge in [0.05, 0.1) is 30.8 Å². The van der Waals surface area contributed by atoms with Crippen LogP contribution in [0.15, 0.2) is 30.9 Å². The number of piperazine rings is 1. The van der Waals surface area contributed by atoms with Crippen LogP contribution in [-0.4, -0.2) is 95.9 Å². The fourth-order valence-corrected chi connectivity index (χ4v) is 7.13. The maximum absolute atomic E-state index is 14.3. The molecule has 240 valence electrons. The molecule has 4 heterocycles. The molecule has 2 saturated heterocycles. The molecular weight excluding hydrogens is 590 g/mol. The lowest BCUT2D eigenvalue weighted by atomic mass is 9.88. The monoisotopic (exact) mass is 627 g/mol. The number of carbonyl (C=O) groups is 1. The van der Waals surface area contributed by atoms with Gasteiger partial charge in [0.25, 0.3) is 0 Å². The van der Waals surface area contributed by atoms with E-state index in [-0.39, 0.29) is 48.9 Å². The minimum absolute atomic E-state index is 0.0369. The highest BCUT2D eigenvalue weighted by Crippen LogP contribution is 2.37. The number of anilines is 2. The minimum Gasteiger partial charge on any atom is -0.462 e. The highest BCUT2D eigenvalue weighted by molar-refractivity contribution is 5.87. The van der Waals surface area contributed by atoms with Gasteiger partial charge in [0.1, 0.15) is 18.2 Å². The maximum Gasteiger partial charge on any atom is 0.401 e. The number of fused-ring (bicyclic) bond motifs is 2. The van der Waals surface area contributed by atoms with E-state index in [0.29, 0.717) is 51.3 Å². The summed E-state index contributed by atoms with van der Waals surface area (Å²) in [4.78, 5) is 29.4. The zero-order chi connectivity index (χ0) is 31.7. The summed E-state index contributed by atoms with van der Waals surface area (Å²) < 4.78 is 59.3. The number of amides is 1. The number of aryl methyl sites for hydroxylation is 1. The SMILES string of the molecule is C=CC(=O)N1CCN(c2nc(OC[C@@H]3CCN3CC(F)(F)F)nc3c2CC[C@@H](N2CCCc4ccc(F)cc42)C3)C[C@@H]1CC#N. The summed E-state index contributed by atoms with van der Waals surface area (Å²) in [5.41, 5.74) is 3.81. The number of alkyl halides is 3. The largest absolute Gasteiger partial charge is 0.462 e. The topological polar surface area (TPSA) is 88.8 Å². The van der Waals surface area contributed by atoms with Gasteiger partial charge in [0.2, 0.25) is 5.91 Å². The Balaban J connectivity index is 1.28. The van der Waals surface area contributed by atoms with Crippen LogP contribution in [0, 0.1) is 17.1 Å². The molecule has 45 heavy (non-hydrogen) atoms. The predicted molar refractivity (Wildman–Crippen MR) is 160 cm³/mol. The number of likely N-dealkylation sites (tertiary alicyclic amines) is 1. The van der Waals surface area contributed by atoms with E-state index in [4.69, 9.17) is 14.7 Å². The normalized spacial score (nSPS) is 23.4. The van der Waals surface area contributed by atoms with Crippen molar-refractivity contribution in [3.8, 4) is 12.1 Å². The zero-order valence-electron chi connectivity index (χ0n) is 25.1. The van der Waals surface area contributed by atoms with Crippen molar-refractivity contribution in [3.63, 3.8) is 0 Å². The van der Waals surface area contributed by atoms with Crippen LogP contribution in [0.25, 0.3) is 0 Å². The van der Waals surface area contributed by atoms with Crippen LogP contribution < -0.4 is 14.5 Å². The van der Waals surface area contributed by atoms with E-state index in [1.807, 2.05) is 6.07 Å². The number of aromatic nitrogens is 2. The van der Waals surface area contributed by atoms with E-state index in [1.54, 1.807) is 11.0 Å². The Morgan fingerprint density at radius 2 is 1.98 bits per heavy atom. The summed E-state index contributed by atoms with van der Waals surface area (Å²) in [7, 11) is 0. The lowest BCUT2D eigenvalue weighted by molar-refractivity contribution is -0.163. The molecule has 0 N–H and O–H groups in total. The molecular formula is C32H37F4N7O2. The van der Waals surface area contributed by atoms with Gasteiger partial charge in [-0.2, -0.15) is 28.4 Å². The second kappa shape index (κ2) is 12.8. The van der Waals surface area contributed by atoms with Crippen LogP contribution in [0.1, 0.15) is 42.5 Å². The van der Waals surface area contributed by atoms with Crippen LogP contribution in [0.5, 0.6) is 6.01 Å². The van der Waals surface area contributed by atoms with Gasteiger partial charge in [-0.3, -0.25) is 9.69 Å². The smallest absolute Gasteiger partial charge is 0.401 e. The fourth-order valence-electron chi connectivity index (χ4n) is 7.13. The molecule has 0 bridgehead atoms. The Morgan fingerprint density at radius 3 is 2.71 bits per heavy atom. The molecule has 0 saturated carbocycles. The van der Waals surface area contributed by atoms with Crippen molar-refractivity contribution in [2.45, 2.75) is 69.2 Å². The van der Waals surface area contributed by atoms with E-state index in [2.05, 4.69) is 22.4 Å². The lowest BCUT2D eigenvalue weighted by Crippen LogP contribution is -2.55. The summed E-state index contributed by atoms with van der Waals surface area (Å²) in [5.74, 6) is 0.176. The third kappa shape index (κ3) is 6.71. The highest BCUT2D eigenvalue weighted by atomic mass is 19.4. The Labute approximate surface area is 260 Å². The molecule has 1 aromatic heterocycles. The number of nitriles is 1. The van der Waals surface area contributed by atoms with Crippen LogP contribution in [0.3, 0.4) is 0 Å². The Bertz CT molecular complexity index is 1480. The van der Waals surface area contributed by atoms with Crippen molar-refractivity contribution < 1.29 is 27.1 Å². The lowest BCUT2D eigenvalue weighted by Gasteiger charge is -2.43. The van der Waals surface area contributed by atoms with E-state index < -0.39 is 12.7 Å². The van der Waals surface area contributed by atoms with Gasteiger partial charge in [-0.25, -0.2) is 4.39 Å². The van der Waals surface area contributed by atoms with Crippen molar-refractivity contribution >= 4 is 17.4 Å². The number of ether oxygens (including phenoxy) is 1. The van der Waals surface area contributed by atoms with Gasteiger partial charge < -0.3 is 19.4 Å². The van der Waals surface area contributed by atoms with E-state index in [1.165, 1.54) is 17.0 Å². The average molecular weight is 628 g/mol. The summed E-state index contributed by atoms with van der Waals surface area (Å²) in [5, 5.41) is 9.49. The quantitative estimate of drug-likeness (QED) is 0.320. The third-order valence-electron chi connectivity index (χ3n) is 9.47. The molecule has 4 aliphatic rings. The summed E-state index contributed by atoms with van der Waals surface area (Å²) in [6.07, 6.45) is 1.65. The minimum atomic E-state index is -4.28. The Morgan fingerprint density at radius 1 is 1.13 bits per heavy atom. The second-order valence-corrected chi connectivity index (χ2v) is 12.3. The first kappa shape index (κ1) is 31.1. The first-order chi connectivity index (χ1) is 21.6. The van der Waals surface area contributed by atoms with Crippen molar-refractivity contribution in [2.75, 3.05) is 55.7 Å². The molecule has 2 aromatic rings. The molecule has 1 aliphatic carbocycles. The van der Waals surface area contributed by atoms with Crippen LogP contribution >= 0.6 is 0 Å². The Kier molecular flexibility index (Phi) is 8.86. The predicted octanol–water partition coefficient (Wildman–Crippen LogP) is 4.06. The van der Waals surface area contributed by atoms with Gasteiger partial charge in [-0.15, -0.1) is 0 Å². The molecule has 3 aliphatic heterocycles. The van der Waals surface area contributed by atoms with Crippen molar-refractivity contribution in [3.05, 3.63) is 53.5 Å². The molecule has 2 fully saturated rings. The van der Waals surface area contributed by atoms with Crippen LogP contribution in [0.2, 0.25) is 0 Å². The molecule has 1 amide bonds. The van der Waals surface area contributed by atoms with Gasteiger partial charge >= 0.3 is 12.2 Å². The molecule has 13 heteroatoms. The van der Waals surface area contributed by atoms with Crippen LogP contribution in [-0.2, 0) is 24.1 Å². The van der Waals surface area contributed by atoms with E-state index >= 15 is 0 Å². The molecule has 9 nitrogen and oxygen atoms in total. The fraction of sp³-hybridized carbons (Fsp3) is 0.562. The van der Waals surface area contributed by atoms with Crippen molar-refractivity contribution in [2.24, 2.45) is 0 Å². The van der Waals surface area contributed by atoms with Crippen molar-refractivity contribution in [1.29, 1.82) is 5.26 Å². The maximum atomic E-state index is 14.3. The first-order valence-corrected chi connectivity index (χ1v) is 15.6. The number of rotatable bonds is 8. The highest BCUT2D eigenvalue weighted by Gasteiger charge is 2.39. The molecule has 3 atom stereocenters. The van der Waals surface area contributed by atoms with Crippen molar-refractivity contribution in [1.82, 2.24) is 19.8 Å². The average Bonchev–Trinajstić information content (AvgIpc) is 3.01. The van der Waals surface area contributed by atoms with E-state index in [9.17, 15) is 27.6 Å².